The molecule has 0 radical (unpaired) electrons. The summed E-state index contributed by atoms with van der Waals surface area (Å²) >= 11 is 0. The van der Waals surface area contributed by atoms with E-state index in [0.717, 1.165) is 6.26 Å². The molecule has 0 spiro atoms. The number of carbonyl (C=O) groups is 1. The number of ether oxygens (including phenoxy) is 1. The van der Waals surface area contributed by atoms with Crippen molar-refractivity contribution < 1.29 is 17.9 Å². The van der Waals surface area contributed by atoms with Gasteiger partial charge >= 0.3 is 0 Å². The third-order valence-corrected chi connectivity index (χ3v) is 4.67. The number of nitrogens with zero attached hydrogens (tertiary/aromatic N) is 2. The van der Waals surface area contributed by atoms with Gasteiger partial charge in [-0.1, -0.05) is 6.07 Å². The van der Waals surface area contributed by atoms with Crippen LogP contribution in [-0.2, 0) is 16.9 Å². The molecule has 0 aliphatic carbocycles. The summed E-state index contributed by atoms with van der Waals surface area (Å²) in [5.41, 5.74) is 0.418. The normalized spacial score (nSPS) is 11.2. The summed E-state index contributed by atoms with van der Waals surface area (Å²) in [6.07, 6.45) is 2.88. The van der Waals surface area contributed by atoms with Crippen molar-refractivity contribution in [2.24, 2.45) is 7.05 Å². The van der Waals surface area contributed by atoms with Gasteiger partial charge in [-0.15, -0.1) is 0 Å². The number of rotatable bonds is 5. The van der Waals surface area contributed by atoms with Crippen LogP contribution in [0.2, 0.25) is 0 Å². The Morgan fingerprint density at radius 3 is 2.42 bits per heavy atom. The van der Waals surface area contributed by atoms with Crippen molar-refractivity contribution in [3.63, 3.8) is 0 Å². The average molecular weight is 371 g/mol. The molecule has 0 aliphatic rings. The quantitative estimate of drug-likeness (QED) is 0.745. The number of anilines is 1. The number of hydrogen-bond acceptors (Lipinski definition) is 5. The Morgan fingerprint density at radius 1 is 1.08 bits per heavy atom. The van der Waals surface area contributed by atoms with Gasteiger partial charge in [-0.05, 0) is 42.5 Å². The van der Waals surface area contributed by atoms with E-state index in [0.29, 0.717) is 22.9 Å². The number of amides is 1. The third kappa shape index (κ3) is 4.28. The summed E-state index contributed by atoms with van der Waals surface area (Å²) < 4.78 is 30.3. The second-order valence-corrected chi connectivity index (χ2v) is 7.72. The zero-order valence-electron chi connectivity index (χ0n) is 14.2. The molecule has 1 amide bonds. The monoisotopic (exact) mass is 371 g/mol. The smallest absolute Gasteiger partial charge is 0.256 e. The molecule has 1 aromatic heterocycles. The molecule has 3 rings (SSSR count). The van der Waals surface area contributed by atoms with E-state index in [2.05, 4.69) is 10.4 Å². The van der Waals surface area contributed by atoms with E-state index in [9.17, 15) is 13.2 Å². The molecule has 26 heavy (non-hydrogen) atoms. The molecule has 0 bridgehead atoms. The summed E-state index contributed by atoms with van der Waals surface area (Å²) in [7, 11) is -1.49. The Morgan fingerprint density at radius 2 is 1.81 bits per heavy atom. The van der Waals surface area contributed by atoms with Crippen molar-refractivity contribution in [3.8, 4) is 11.5 Å². The second-order valence-electron chi connectivity index (χ2n) is 5.70. The molecule has 0 unspecified atom stereocenters. The van der Waals surface area contributed by atoms with Crippen LogP contribution in [0, 0.1) is 0 Å². The summed E-state index contributed by atoms with van der Waals surface area (Å²) in [4.78, 5) is 12.5. The van der Waals surface area contributed by atoms with Crippen LogP contribution in [0.15, 0.2) is 65.7 Å². The maximum Gasteiger partial charge on any atom is 0.256 e. The van der Waals surface area contributed by atoms with Gasteiger partial charge in [0.05, 0.1) is 4.90 Å². The minimum Gasteiger partial charge on any atom is -0.457 e. The van der Waals surface area contributed by atoms with Gasteiger partial charge in [0.15, 0.2) is 15.7 Å². The van der Waals surface area contributed by atoms with E-state index in [1.54, 1.807) is 60.4 Å². The summed E-state index contributed by atoms with van der Waals surface area (Å²) in [6.45, 7) is 0. The van der Waals surface area contributed by atoms with E-state index in [-0.39, 0.29) is 10.8 Å². The molecule has 1 N–H and O–H groups in total. The van der Waals surface area contributed by atoms with Gasteiger partial charge in [0, 0.05) is 31.1 Å². The summed E-state index contributed by atoms with van der Waals surface area (Å²) in [5.74, 6) is 1.09. The van der Waals surface area contributed by atoms with Crippen LogP contribution in [0.1, 0.15) is 10.4 Å². The molecule has 0 aliphatic heterocycles. The molecule has 0 fully saturated rings. The first kappa shape index (κ1) is 17.7. The average Bonchev–Trinajstić information content (AvgIpc) is 2.99. The number of nitrogens with one attached hydrogen (secondary N) is 1. The zero-order chi connectivity index (χ0) is 18.7. The maximum absolute atomic E-state index is 12.3. The summed E-state index contributed by atoms with van der Waals surface area (Å²) in [6, 6.07) is 14.5. The molecule has 8 heteroatoms. The first-order valence-corrected chi connectivity index (χ1v) is 9.59. The molecule has 1 heterocycles. The van der Waals surface area contributed by atoms with Crippen molar-refractivity contribution >= 4 is 21.6 Å². The topological polar surface area (TPSA) is 90.3 Å². The lowest BCUT2D eigenvalue weighted by molar-refractivity contribution is 0.102. The highest BCUT2D eigenvalue weighted by Crippen LogP contribution is 2.24. The lowest BCUT2D eigenvalue weighted by atomic mass is 10.2. The highest BCUT2D eigenvalue weighted by atomic mass is 32.2. The van der Waals surface area contributed by atoms with E-state index < -0.39 is 9.84 Å². The lowest BCUT2D eigenvalue weighted by Gasteiger charge is -2.08. The van der Waals surface area contributed by atoms with Gasteiger partial charge < -0.3 is 10.1 Å². The Labute approximate surface area is 151 Å². The third-order valence-electron chi connectivity index (χ3n) is 3.54. The van der Waals surface area contributed by atoms with Crippen molar-refractivity contribution in [3.05, 3.63) is 66.4 Å². The van der Waals surface area contributed by atoms with Crippen molar-refractivity contribution in [1.82, 2.24) is 9.78 Å². The minimum atomic E-state index is -3.25. The van der Waals surface area contributed by atoms with Crippen molar-refractivity contribution in [1.29, 1.82) is 0 Å². The summed E-state index contributed by atoms with van der Waals surface area (Å²) in [5, 5.41) is 6.80. The predicted molar refractivity (Wildman–Crippen MR) is 97.2 cm³/mol. The molecule has 0 saturated carbocycles. The first-order valence-electron chi connectivity index (χ1n) is 7.70. The molecule has 0 saturated heterocycles. The fourth-order valence-electron chi connectivity index (χ4n) is 2.26. The van der Waals surface area contributed by atoms with E-state index >= 15 is 0 Å². The Bertz CT molecular complexity index is 1040. The number of hydrogen-bond donors (Lipinski definition) is 1. The van der Waals surface area contributed by atoms with Gasteiger partial charge in [0.1, 0.15) is 11.5 Å². The van der Waals surface area contributed by atoms with E-state index in [1.165, 1.54) is 12.1 Å². The minimum absolute atomic E-state index is 0.216. The highest BCUT2D eigenvalue weighted by molar-refractivity contribution is 7.90. The molecule has 134 valence electrons. The van der Waals surface area contributed by atoms with Crippen LogP contribution in [0.3, 0.4) is 0 Å². The lowest BCUT2D eigenvalue weighted by Crippen LogP contribution is -2.12. The van der Waals surface area contributed by atoms with Gasteiger partial charge in [-0.25, -0.2) is 8.42 Å². The van der Waals surface area contributed by atoms with Crippen LogP contribution in [0.25, 0.3) is 0 Å². The SMILES string of the molecule is Cn1ccc(NC(=O)c2cccc(Oc3ccc(S(C)(=O)=O)cc3)c2)n1. The van der Waals surface area contributed by atoms with Gasteiger partial charge in [-0.3, -0.25) is 9.48 Å². The predicted octanol–water partition coefficient (Wildman–Crippen LogP) is 2.87. The van der Waals surface area contributed by atoms with Gasteiger partial charge in [-0.2, -0.15) is 5.10 Å². The van der Waals surface area contributed by atoms with Crippen LogP contribution < -0.4 is 10.1 Å². The number of benzene rings is 2. The number of aromatic nitrogens is 2. The molecule has 7 nitrogen and oxygen atoms in total. The molecule has 3 aromatic rings. The van der Waals surface area contributed by atoms with Gasteiger partial charge in [0.25, 0.3) is 5.91 Å². The number of aryl methyl sites for hydroxylation is 1. The van der Waals surface area contributed by atoms with Crippen LogP contribution >= 0.6 is 0 Å². The van der Waals surface area contributed by atoms with Gasteiger partial charge in [0.2, 0.25) is 0 Å². The fourth-order valence-corrected chi connectivity index (χ4v) is 2.89. The zero-order valence-corrected chi connectivity index (χ0v) is 15.0. The number of carbonyl (C=O) groups excluding carboxylic acids is 1. The van der Waals surface area contributed by atoms with Crippen molar-refractivity contribution in [2.45, 2.75) is 4.90 Å². The van der Waals surface area contributed by atoms with Crippen LogP contribution in [0.4, 0.5) is 5.82 Å². The largest absolute Gasteiger partial charge is 0.457 e. The molecular weight excluding hydrogens is 354 g/mol. The second kappa shape index (κ2) is 7.01. The van der Waals surface area contributed by atoms with E-state index in [4.69, 9.17) is 4.74 Å². The first-order chi connectivity index (χ1) is 12.3. The highest BCUT2D eigenvalue weighted by Gasteiger charge is 2.10. The fraction of sp³-hybridized carbons (Fsp3) is 0.111. The van der Waals surface area contributed by atoms with Crippen LogP contribution in [0.5, 0.6) is 11.5 Å². The standard InChI is InChI=1S/C18H17N3O4S/c1-21-11-10-17(20-21)19-18(22)13-4-3-5-15(12-13)25-14-6-8-16(9-7-14)26(2,23)24/h3-12H,1-2H3,(H,19,20,22). The van der Waals surface area contributed by atoms with Crippen molar-refractivity contribution in [2.75, 3.05) is 11.6 Å². The maximum atomic E-state index is 12.3. The molecule has 2 aromatic carbocycles. The molecule has 0 atom stereocenters. The Balaban J connectivity index is 1.73. The number of sulfone groups is 1. The Kier molecular flexibility index (Phi) is 4.77. The van der Waals surface area contributed by atoms with Crippen LogP contribution in [-0.4, -0.2) is 30.4 Å². The Hall–Kier alpha value is -3.13. The molecular formula is C18H17N3O4S. The van der Waals surface area contributed by atoms with E-state index in [1.807, 2.05) is 0 Å².